The van der Waals surface area contributed by atoms with Crippen molar-refractivity contribution in [3.63, 3.8) is 0 Å². The molecule has 1 aromatic carbocycles. The molecular formula is C14H14N2O2. The van der Waals surface area contributed by atoms with Gasteiger partial charge in [-0.05, 0) is 24.3 Å². The number of aryl methyl sites for hydroxylation is 1. The Morgan fingerprint density at radius 2 is 2.00 bits per heavy atom. The average Bonchev–Trinajstić information content (AvgIpc) is 3.13. The van der Waals surface area contributed by atoms with Crippen LogP contribution in [0.25, 0.3) is 11.3 Å². The SMILES string of the molecule is Cn1ncc(C(=O)O)c1-c1ccc(C2CC2)cc1. The molecule has 0 atom stereocenters. The minimum absolute atomic E-state index is 0.247. The van der Waals surface area contributed by atoms with Crippen LogP contribution in [-0.4, -0.2) is 20.9 Å². The number of hydrogen-bond acceptors (Lipinski definition) is 2. The Labute approximate surface area is 105 Å². The van der Waals surface area contributed by atoms with Gasteiger partial charge in [-0.3, -0.25) is 4.68 Å². The van der Waals surface area contributed by atoms with E-state index in [1.54, 1.807) is 11.7 Å². The summed E-state index contributed by atoms with van der Waals surface area (Å²) in [5.41, 5.74) is 3.15. The molecule has 1 aliphatic rings. The number of carboxylic acids is 1. The molecule has 2 aromatic rings. The first kappa shape index (κ1) is 11.0. The Kier molecular flexibility index (Phi) is 2.44. The van der Waals surface area contributed by atoms with E-state index in [-0.39, 0.29) is 5.56 Å². The Morgan fingerprint density at radius 3 is 2.56 bits per heavy atom. The molecule has 0 saturated heterocycles. The van der Waals surface area contributed by atoms with Gasteiger partial charge in [0.15, 0.2) is 0 Å². The van der Waals surface area contributed by atoms with Crippen LogP contribution in [0.15, 0.2) is 30.5 Å². The van der Waals surface area contributed by atoms with Crippen LogP contribution in [0.1, 0.15) is 34.7 Å². The molecule has 1 aliphatic carbocycles. The van der Waals surface area contributed by atoms with Crippen molar-refractivity contribution in [2.24, 2.45) is 7.05 Å². The molecule has 1 N–H and O–H groups in total. The number of nitrogens with zero attached hydrogens (tertiary/aromatic N) is 2. The van der Waals surface area contributed by atoms with Crippen molar-refractivity contribution >= 4 is 5.97 Å². The highest BCUT2D eigenvalue weighted by Crippen LogP contribution is 2.40. The summed E-state index contributed by atoms with van der Waals surface area (Å²) >= 11 is 0. The van der Waals surface area contributed by atoms with Gasteiger partial charge < -0.3 is 5.11 Å². The summed E-state index contributed by atoms with van der Waals surface area (Å²) in [6, 6.07) is 8.14. The Morgan fingerprint density at radius 1 is 1.33 bits per heavy atom. The second-order valence-electron chi connectivity index (χ2n) is 4.73. The first-order valence-electron chi connectivity index (χ1n) is 6.02. The van der Waals surface area contributed by atoms with Gasteiger partial charge in [-0.2, -0.15) is 5.10 Å². The lowest BCUT2D eigenvalue weighted by molar-refractivity contribution is 0.0697. The van der Waals surface area contributed by atoms with E-state index in [2.05, 4.69) is 17.2 Å². The fourth-order valence-electron chi connectivity index (χ4n) is 2.27. The van der Waals surface area contributed by atoms with Crippen molar-refractivity contribution in [3.8, 4) is 11.3 Å². The molecule has 0 radical (unpaired) electrons. The normalized spacial score (nSPS) is 14.7. The lowest BCUT2D eigenvalue weighted by Gasteiger charge is -2.05. The second-order valence-corrected chi connectivity index (χ2v) is 4.73. The monoisotopic (exact) mass is 242 g/mol. The molecule has 0 aliphatic heterocycles. The molecule has 0 bridgehead atoms. The van der Waals surface area contributed by atoms with Crippen LogP contribution < -0.4 is 0 Å². The van der Waals surface area contributed by atoms with Crippen LogP contribution >= 0.6 is 0 Å². The van der Waals surface area contributed by atoms with Gasteiger partial charge in [0.2, 0.25) is 0 Å². The third-order valence-electron chi connectivity index (χ3n) is 3.40. The summed E-state index contributed by atoms with van der Waals surface area (Å²) < 4.78 is 1.61. The van der Waals surface area contributed by atoms with E-state index in [0.29, 0.717) is 11.6 Å². The maximum Gasteiger partial charge on any atom is 0.339 e. The maximum atomic E-state index is 11.1. The number of carboxylic acid groups (broad SMARTS) is 1. The Bertz CT molecular complexity index is 595. The Balaban J connectivity index is 2.03. The quantitative estimate of drug-likeness (QED) is 0.900. The highest BCUT2D eigenvalue weighted by atomic mass is 16.4. The van der Waals surface area contributed by atoms with Crippen molar-refractivity contribution in [2.45, 2.75) is 18.8 Å². The highest BCUT2D eigenvalue weighted by Gasteiger charge is 2.23. The van der Waals surface area contributed by atoms with E-state index in [9.17, 15) is 4.79 Å². The molecule has 1 saturated carbocycles. The fourth-order valence-corrected chi connectivity index (χ4v) is 2.27. The third-order valence-corrected chi connectivity index (χ3v) is 3.40. The number of benzene rings is 1. The second kappa shape index (κ2) is 3.98. The van der Waals surface area contributed by atoms with E-state index in [4.69, 9.17) is 5.11 Å². The minimum Gasteiger partial charge on any atom is -0.478 e. The fraction of sp³-hybridized carbons (Fsp3) is 0.286. The molecule has 18 heavy (non-hydrogen) atoms. The van der Waals surface area contributed by atoms with E-state index < -0.39 is 5.97 Å². The molecule has 3 rings (SSSR count). The van der Waals surface area contributed by atoms with Crippen LogP contribution in [0.3, 0.4) is 0 Å². The van der Waals surface area contributed by atoms with Gasteiger partial charge in [-0.25, -0.2) is 4.79 Å². The largest absolute Gasteiger partial charge is 0.478 e. The molecule has 0 unspecified atom stereocenters. The molecule has 1 aromatic heterocycles. The van der Waals surface area contributed by atoms with Crippen LogP contribution in [0, 0.1) is 0 Å². The zero-order chi connectivity index (χ0) is 12.7. The van der Waals surface area contributed by atoms with Crippen molar-refractivity contribution in [3.05, 3.63) is 41.6 Å². The Hall–Kier alpha value is -2.10. The molecule has 4 heteroatoms. The molecule has 0 amide bonds. The average molecular weight is 242 g/mol. The summed E-state index contributed by atoms with van der Waals surface area (Å²) in [5, 5.41) is 13.2. The molecule has 1 fully saturated rings. The summed E-state index contributed by atoms with van der Waals surface area (Å²) in [6.45, 7) is 0. The number of hydrogen-bond donors (Lipinski definition) is 1. The van der Waals surface area contributed by atoms with Gasteiger partial charge in [0.05, 0.1) is 11.9 Å². The van der Waals surface area contributed by atoms with E-state index in [0.717, 1.165) is 5.56 Å². The van der Waals surface area contributed by atoms with Crippen molar-refractivity contribution in [1.82, 2.24) is 9.78 Å². The smallest absolute Gasteiger partial charge is 0.339 e. The maximum absolute atomic E-state index is 11.1. The topological polar surface area (TPSA) is 55.1 Å². The van der Waals surface area contributed by atoms with Gasteiger partial charge in [0.1, 0.15) is 5.56 Å². The first-order chi connectivity index (χ1) is 8.66. The number of aromatic nitrogens is 2. The van der Waals surface area contributed by atoms with Crippen LogP contribution in [-0.2, 0) is 7.05 Å². The molecular weight excluding hydrogens is 228 g/mol. The molecule has 4 nitrogen and oxygen atoms in total. The molecule has 1 heterocycles. The highest BCUT2D eigenvalue weighted by molar-refractivity contribution is 5.94. The summed E-state index contributed by atoms with van der Waals surface area (Å²) in [5.74, 6) is -0.228. The van der Waals surface area contributed by atoms with E-state index in [1.807, 2.05) is 12.1 Å². The van der Waals surface area contributed by atoms with E-state index >= 15 is 0 Å². The van der Waals surface area contributed by atoms with Crippen molar-refractivity contribution in [2.75, 3.05) is 0 Å². The predicted molar refractivity (Wildman–Crippen MR) is 67.6 cm³/mol. The first-order valence-corrected chi connectivity index (χ1v) is 6.02. The molecule has 92 valence electrons. The van der Waals surface area contributed by atoms with Gasteiger partial charge >= 0.3 is 5.97 Å². The number of rotatable bonds is 3. The van der Waals surface area contributed by atoms with Gasteiger partial charge in [0.25, 0.3) is 0 Å². The van der Waals surface area contributed by atoms with Crippen molar-refractivity contribution in [1.29, 1.82) is 0 Å². The number of carbonyl (C=O) groups is 1. The standard InChI is InChI=1S/C14H14N2O2/c1-16-13(12(8-15-16)14(17)18)11-6-4-10(5-7-11)9-2-3-9/h4-9H,2-3H2,1H3,(H,17,18). The van der Waals surface area contributed by atoms with Crippen LogP contribution in [0.5, 0.6) is 0 Å². The van der Waals surface area contributed by atoms with Gasteiger partial charge in [-0.1, -0.05) is 24.3 Å². The lowest BCUT2D eigenvalue weighted by atomic mass is 10.0. The minimum atomic E-state index is -0.940. The van der Waals surface area contributed by atoms with E-state index in [1.165, 1.54) is 24.6 Å². The van der Waals surface area contributed by atoms with Crippen LogP contribution in [0.2, 0.25) is 0 Å². The summed E-state index contributed by atoms with van der Waals surface area (Å²) in [6.07, 6.45) is 3.93. The molecule has 0 spiro atoms. The number of aromatic carboxylic acids is 1. The lowest BCUT2D eigenvalue weighted by Crippen LogP contribution is -2.00. The third kappa shape index (κ3) is 1.79. The van der Waals surface area contributed by atoms with Gasteiger partial charge in [0, 0.05) is 12.6 Å². The summed E-state index contributed by atoms with van der Waals surface area (Å²) in [4.78, 5) is 11.1. The van der Waals surface area contributed by atoms with Crippen molar-refractivity contribution < 1.29 is 9.90 Å². The van der Waals surface area contributed by atoms with Gasteiger partial charge in [-0.15, -0.1) is 0 Å². The zero-order valence-electron chi connectivity index (χ0n) is 10.1. The predicted octanol–water partition coefficient (Wildman–Crippen LogP) is 2.66. The van der Waals surface area contributed by atoms with Crippen LogP contribution in [0.4, 0.5) is 0 Å². The summed E-state index contributed by atoms with van der Waals surface area (Å²) in [7, 11) is 1.76. The zero-order valence-corrected chi connectivity index (χ0v) is 10.1.